The van der Waals surface area contributed by atoms with Gasteiger partial charge >= 0.3 is 0 Å². The number of hydrogen-bond donors (Lipinski definition) is 0. The van der Waals surface area contributed by atoms with Crippen molar-refractivity contribution in [2.75, 3.05) is 7.11 Å². The van der Waals surface area contributed by atoms with E-state index in [9.17, 15) is 4.39 Å². The van der Waals surface area contributed by atoms with Crippen molar-refractivity contribution in [3.63, 3.8) is 0 Å². The van der Waals surface area contributed by atoms with Gasteiger partial charge < -0.3 is 4.74 Å². The second kappa shape index (κ2) is 4.40. The van der Waals surface area contributed by atoms with Crippen molar-refractivity contribution in [1.82, 2.24) is 0 Å². The fourth-order valence-electron chi connectivity index (χ4n) is 1.91. The largest absolute Gasteiger partial charge is 0.496 e. The standard InChI is InChI=1S/C12H14ClFO/c1-15-11-6-5-9(14)7-10(11)12(13)8-3-2-4-8/h5-8,12H,2-4H2,1H3. The number of benzene rings is 1. The van der Waals surface area contributed by atoms with Crippen molar-refractivity contribution in [1.29, 1.82) is 0 Å². The summed E-state index contributed by atoms with van der Waals surface area (Å²) >= 11 is 6.32. The van der Waals surface area contributed by atoms with Crippen LogP contribution in [0, 0.1) is 11.7 Å². The molecule has 0 amide bonds. The Morgan fingerprint density at radius 1 is 1.47 bits per heavy atom. The molecule has 82 valence electrons. The van der Waals surface area contributed by atoms with Crippen molar-refractivity contribution in [2.45, 2.75) is 24.6 Å². The molecule has 3 heteroatoms. The molecule has 0 aromatic heterocycles. The number of alkyl halides is 1. The summed E-state index contributed by atoms with van der Waals surface area (Å²) in [5.41, 5.74) is 0.781. The van der Waals surface area contributed by atoms with Gasteiger partial charge in [0.2, 0.25) is 0 Å². The van der Waals surface area contributed by atoms with Crippen LogP contribution in [0.25, 0.3) is 0 Å². The summed E-state index contributed by atoms with van der Waals surface area (Å²) in [4.78, 5) is 0. The summed E-state index contributed by atoms with van der Waals surface area (Å²) in [6.45, 7) is 0. The summed E-state index contributed by atoms with van der Waals surface area (Å²) < 4.78 is 18.3. The Bertz CT molecular complexity index is 349. The zero-order valence-corrected chi connectivity index (χ0v) is 9.43. The van der Waals surface area contributed by atoms with Crippen molar-refractivity contribution in [3.8, 4) is 5.75 Å². The maximum atomic E-state index is 13.1. The molecule has 15 heavy (non-hydrogen) atoms. The Morgan fingerprint density at radius 2 is 2.20 bits per heavy atom. The topological polar surface area (TPSA) is 9.23 Å². The molecule has 0 aliphatic heterocycles. The summed E-state index contributed by atoms with van der Waals surface area (Å²) in [5, 5.41) is -0.121. The highest BCUT2D eigenvalue weighted by Gasteiger charge is 2.28. The van der Waals surface area contributed by atoms with Crippen LogP contribution in [-0.4, -0.2) is 7.11 Å². The Hall–Kier alpha value is -0.760. The molecule has 1 atom stereocenters. The Kier molecular flexibility index (Phi) is 3.15. The maximum absolute atomic E-state index is 13.1. The van der Waals surface area contributed by atoms with Crippen LogP contribution < -0.4 is 4.74 Å². The summed E-state index contributed by atoms with van der Waals surface area (Å²) in [7, 11) is 1.58. The number of rotatable bonds is 3. The molecule has 0 bridgehead atoms. The average molecular weight is 229 g/mol. The van der Waals surface area contributed by atoms with Crippen LogP contribution in [0.4, 0.5) is 4.39 Å². The van der Waals surface area contributed by atoms with E-state index in [4.69, 9.17) is 16.3 Å². The van der Waals surface area contributed by atoms with Crippen LogP contribution in [0.3, 0.4) is 0 Å². The van der Waals surface area contributed by atoms with Crippen LogP contribution >= 0.6 is 11.6 Å². The summed E-state index contributed by atoms with van der Waals surface area (Å²) in [6.07, 6.45) is 3.49. The fourth-order valence-corrected chi connectivity index (χ4v) is 2.33. The SMILES string of the molecule is COc1ccc(F)cc1C(Cl)C1CCC1. The maximum Gasteiger partial charge on any atom is 0.123 e. The molecule has 1 aromatic carbocycles. The molecule has 0 spiro atoms. The molecule has 1 aliphatic carbocycles. The van der Waals surface area contributed by atoms with Gasteiger partial charge in [0.1, 0.15) is 11.6 Å². The van der Waals surface area contributed by atoms with E-state index in [-0.39, 0.29) is 11.2 Å². The van der Waals surface area contributed by atoms with Gasteiger partial charge in [-0.15, -0.1) is 11.6 Å². The third-order valence-electron chi connectivity index (χ3n) is 3.05. The van der Waals surface area contributed by atoms with E-state index in [1.165, 1.54) is 18.6 Å². The summed E-state index contributed by atoms with van der Waals surface area (Å²) in [5.74, 6) is 0.904. The van der Waals surface area contributed by atoms with Gasteiger partial charge in [0.15, 0.2) is 0 Å². The lowest BCUT2D eigenvalue weighted by Gasteiger charge is -2.30. The number of methoxy groups -OCH3 is 1. The number of halogens is 2. The number of hydrogen-bond acceptors (Lipinski definition) is 1. The lowest BCUT2D eigenvalue weighted by atomic mass is 9.80. The Balaban J connectivity index is 2.27. The fraction of sp³-hybridized carbons (Fsp3) is 0.500. The predicted molar refractivity (Wildman–Crippen MR) is 58.9 cm³/mol. The first-order chi connectivity index (χ1) is 7.22. The average Bonchev–Trinajstić information content (AvgIpc) is 2.15. The number of ether oxygens (including phenoxy) is 1. The van der Waals surface area contributed by atoms with E-state index in [1.54, 1.807) is 13.2 Å². The van der Waals surface area contributed by atoms with Crippen molar-refractivity contribution < 1.29 is 9.13 Å². The molecule has 1 fully saturated rings. The minimum Gasteiger partial charge on any atom is -0.496 e. The molecule has 1 saturated carbocycles. The molecule has 0 radical (unpaired) electrons. The second-order valence-corrected chi connectivity index (χ2v) is 4.45. The van der Waals surface area contributed by atoms with Gasteiger partial charge in [0.05, 0.1) is 12.5 Å². The van der Waals surface area contributed by atoms with Gasteiger partial charge in [-0.3, -0.25) is 0 Å². The van der Waals surface area contributed by atoms with E-state index >= 15 is 0 Å². The first kappa shape index (κ1) is 10.7. The predicted octanol–water partition coefficient (Wildman–Crippen LogP) is 3.91. The van der Waals surface area contributed by atoms with Gasteiger partial charge in [0, 0.05) is 5.56 Å². The lowest BCUT2D eigenvalue weighted by molar-refractivity contribution is 0.300. The third kappa shape index (κ3) is 2.10. The zero-order valence-electron chi connectivity index (χ0n) is 8.67. The third-order valence-corrected chi connectivity index (χ3v) is 3.64. The van der Waals surface area contributed by atoms with Gasteiger partial charge in [-0.25, -0.2) is 4.39 Å². The molecular weight excluding hydrogens is 215 g/mol. The van der Waals surface area contributed by atoms with Gasteiger partial charge in [-0.2, -0.15) is 0 Å². The first-order valence-corrected chi connectivity index (χ1v) is 5.63. The Morgan fingerprint density at radius 3 is 2.73 bits per heavy atom. The minimum absolute atomic E-state index is 0.121. The highest BCUT2D eigenvalue weighted by atomic mass is 35.5. The lowest BCUT2D eigenvalue weighted by Crippen LogP contribution is -2.17. The van der Waals surface area contributed by atoms with Gasteiger partial charge in [-0.05, 0) is 37.0 Å². The molecule has 1 aromatic rings. The molecule has 0 saturated heterocycles. The highest BCUT2D eigenvalue weighted by molar-refractivity contribution is 6.21. The highest BCUT2D eigenvalue weighted by Crippen LogP contribution is 2.44. The summed E-state index contributed by atoms with van der Waals surface area (Å²) in [6, 6.07) is 4.51. The quantitative estimate of drug-likeness (QED) is 0.713. The van der Waals surface area contributed by atoms with Crippen LogP contribution in [-0.2, 0) is 0 Å². The Labute approximate surface area is 94.2 Å². The van der Waals surface area contributed by atoms with Crippen molar-refractivity contribution >= 4 is 11.6 Å². The van der Waals surface area contributed by atoms with Crippen LogP contribution in [0.15, 0.2) is 18.2 Å². The van der Waals surface area contributed by atoms with Crippen molar-refractivity contribution in [3.05, 3.63) is 29.6 Å². The van der Waals surface area contributed by atoms with E-state index < -0.39 is 0 Å². The smallest absolute Gasteiger partial charge is 0.123 e. The van der Waals surface area contributed by atoms with Gasteiger partial charge in [0.25, 0.3) is 0 Å². The normalized spacial score (nSPS) is 18.3. The van der Waals surface area contributed by atoms with Crippen LogP contribution in [0.5, 0.6) is 5.75 Å². The van der Waals surface area contributed by atoms with E-state index in [0.717, 1.165) is 18.4 Å². The molecule has 2 rings (SSSR count). The molecule has 0 heterocycles. The minimum atomic E-state index is -0.254. The van der Waals surface area contributed by atoms with E-state index in [2.05, 4.69) is 0 Å². The van der Waals surface area contributed by atoms with Gasteiger partial charge in [-0.1, -0.05) is 6.42 Å². The van der Waals surface area contributed by atoms with E-state index in [1.807, 2.05) is 0 Å². The van der Waals surface area contributed by atoms with E-state index in [0.29, 0.717) is 11.7 Å². The molecule has 1 nitrogen and oxygen atoms in total. The second-order valence-electron chi connectivity index (χ2n) is 3.98. The van der Waals surface area contributed by atoms with Crippen LogP contribution in [0.1, 0.15) is 30.2 Å². The first-order valence-electron chi connectivity index (χ1n) is 5.20. The van der Waals surface area contributed by atoms with Crippen LogP contribution in [0.2, 0.25) is 0 Å². The monoisotopic (exact) mass is 228 g/mol. The molecule has 0 N–H and O–H groups in total. The zero-order chi connectivity index (χ0) is 10.8. The molecular formula is C12H14ClFO. The van der Waals surface area contributed by atoms with Crippen molar-refractivity contribution in [2.24, 2.45) is 5.92 Å². The molecule has 1 unspecified atom stereocenters. The molecule has 1 aliphatic rings.